The predicted molar refractivity (Wildman–Crippen MR) is 68.0 cm³/mol. The summed E-state index contributed by atoms with van der Waals surface area (Å²) in [6.45, 7) is 1.12. The minimum absolute atomic E-state index is 0.0979. The van der Waals surface area contributed by atoms with E-state index in [0.29, 0.717) is 19.0 Å². The van der Waals surface area contributed by atoms with Crippen LogP contribution in [0.4, 0.5) is 0 Å². The molecule has 1 aliphatic heterocycles. The van der Waals surface area contributed by atoms with Gasteiger partial charge in [0, 0.05) is 12.4 Å². The van der Waals surface area contributed by atoms with Gasteiger partial charge in [-0.15, -0.1) is 0 Å². The fraction of sp³-hybridized carbons (Fsp3) is 0.417. The van der Waals surface area contributed by atoms with Crippen molar-refractivity contribution < 1.29 is 14.3 Å². The molecule has 2 atom stereocenters. The number of aromatic nitrogens is 4. The van der Waals surface area contributed by atoms with E-state index in [9.17, 15) is 4.79 Å². The van der Waals surface area contributed by atoms with Crippen LogP contribution in [0, 0.1) is 0 Å². The maximum Gasteiger partial charge on any atom is 0.240 e. The second kappa shape index (κ2) is 5.74. The van der Waals surface area contributed by atoms with Crippen LogP contribution in [0.3, 0.4) is 0 Å². The third-order valence-corrected chi connectivity index (χ3v) is 3.02. The third kappa shape index (κ3) is 2.97. The second-order valence-corrected chi connectivity index (χ2v) is 4.54. The van der Waals surface area contributed by atoms with Crippen molar-refractivity contribution in [3.05, 3.63) is 31.1 Å². The van der Waals surface area contributed by atoms with E-state index in [4.69, 9.17) is 9.47 Å². The molecule has 8 heteroatoms. The summed E-state index contributed by atoms with van der Waals surface area (Å²) in [7, 11) is 0. The molecule has 2 N–H and O–H groups in total. The smallest absolute Gasteiger partial charge is 0.240 e. The van der Waals surface area contributed by atoms with Gasteiger partial charge >= 0.3 is 0 Å². The van der Waals surface area contributed by atoms with Crippen LogP contribution in [0.1, 0.15) is 0 Å². The minimum Gasteiger partial charge on any atom is -0.482 e. The molecule has 0 bridgehead atoms. The summed E-state index contributed by atoms with van der Waals surface area (Å²) in [6, 6.07) is -0.166. The van der Waals surface area contributed by atoms with Crippen molar-refractivity contribution in [2.24, 2.45) is 0 Å². The Morgan fingerprint density at radius 1 is 1.60 bits per heavy atom. The zero-order chi connectivity index (χ0) is 13.8. The molecule has 0 radical (unpaired) electrons. The minimum atomic E-state index is -0.209. The first-order valence-electron chi connectivity index (χ1n) is 6.29. The Balaban J connectivity index is 1.54. The number of aromatic amines is 1. The van der Waals surface area contributed by atoms with Crippen molar-refractivity contribution in [2.45, 2.75) is 18.7 Å². The number of carbonyl (C=O) groups excluding carboxylic acids is 1. The molecule has 1 aliphatic rings. The van der Waals surface area contributed by atoms with Crippen LogP contribution in [0.5, 0.6) is 5.75 Å². The molecule has 0 spiro atoms. The Hall–Kier alpha value is -2.35. The van der Waals surface area contributed by atoms with Gasteiger partial charge in [-0.2, -0.15) is 5.10 Å². The molecule has 1 amide bonds. The first kappa shape index (κ1) is 12.7. The third-order valence-electron chi connectivity index (χ3n) is 3.02. The highest BCUT2D eigenvalue weighted by Crippen LogP contribution is 2.15. The Morgan fingerprint density at radius 2 is 2.55 bits per heavy atom. The Kier molecular flexibility index (Phi) is 3.64. The van der Waals surface area contributed by atoms with Crippen LogP contribution < -0.4 is 10.1 Å². The number of nitrogens with zero attached hydrogens (tertiary/aromatic N) is 3. The van der Waals surface area contributed by atoms with Crippen molar-refractivity contribution in [1.29, 1.82) is 0 Å². The number of imidazole rings is 1. The van der Waals surface area contributed by atoms with Gasteiger partial charge in [0.25, 0.3) is 0 Å². The molecule has 0 aromatic carbocycles. The summed E-state index contributed by atoms with van der Waals surface area (Å²) in [5, 5.41) is 9.40. The predicted octanol–water partition coefficient (Wildman–Crippen LogP) is -0.431. The van der Waals surface area contributed by atoms with Crippen molar-refractivity contribution in [1.82, 2.24) is 25.1 Å². The Labute approximate surface area is 115 Å². The summed E-state index contributed by atoms with van der Waals surface area (Å²) in [6.07, 6.45) is 8.01. The first-order valence-corrected chi connectivity index (χ1v) is 6.29. The average Bonchev–Trinajstić information content (AvgIpc) is 3.14. The van der Waals surface area contributed by atoms with Gasteiger partial charge in [-0.05, 0) is 0 Å². The molecule has 2 aromatic heterocycles. The summed E-state index contributed by atoms with van der Waals surface area (Å²) in [5.74, 6) is 0.536. The molecular formula is C12H15N5O3. The van der Waals surface area contributed by atoms with Crippen LogP contribution in [-0.4, -0.2) is 51.0 Å². The van der Waals surface area contributed by atoms with Crippen LogP contribution in [0.15, 0.2) is 31.1 Å². The number of H-pyrrole nitrogens is 1. The van der Waals surface area contributed by atoms with Gasteiger partial charge in [0.1, 0.15) is 12.6 Å². The molecule has 1 saturated heterocycles. The summed E-state index contributed by atoms with van der Waals surface area (Å²) in [5.41, 5.74) is 0. The zero-order valence-corrected chi connectivity index (χ0v) is 10.7. The number of rotatable bonds is 5. The highest BCUT2D eigenvalue weighted by atomic mass is 16.5. The van der Waals surface area contributed by atoms with Crippen LogP contribution in [0.2, 0.25) is 0 Å². The van der Waals surface area contributed by atoms with Crippen LogP contribution in [-0.2, 0) is 16.1 Å². The maximum atomic E-state index is 11.9. The fourth-order valence-corrected chi connectivity index (χ4v) is 2.06. The van der Waals surface area contributed by atoms with E-state index in [1.807, 2.05) is 0 Å². The van der Waals surface area contributed by atoms with Crippen LogP contribution >= 0.6 is 0 Å². The Bertz CT molecular complexity index is 539. The van der Waals surface area contributed by atoms with E-state index in [1.54, 1.807) is 35.7 Å². The molecule has 20 heavy (non-hydrogen) atoms. The number of carbonyl (C=O) groups is 1. The summed E-state index contributed by atoms with van der Waals surface area (Å²) >= 11 is 0. The second-order valence-electron chi connectivity index (χ2n) is 4.54. The molecule has 8 nitrogen and oxygen atoms in total. The quantitative estimate of drug-likeness (QED) is 0.773. The van der Waals surface area contributed by atoms with Crippen molar-refractivity contribution >= 4 is 5.91 Å². The summed E-state index contributed by atoms with van der Waals surface area (Å²) < 4.78 is 12.8. The fourth-order valence-electron chi connectivity index (χ4n) is 2.06. The van der Waals surface area contributed by atoms with Gasteiger partial charge in [0.05, 0.1) is 38.0 Å². The number of hydrogen-bond donors (Lipinski definition) is 2. The molecule has 3 heterocycles. The number of nitrogens with one attached hydrogen (secondary N) is 2. The van der Waals surface area contributed by atoms with E-state index in [0.717, 1.165) is 0 Å². The van der Waals surface area contributed by atoms with Gasteiger partial charge in [-0.3, -0.25) is 9.89 Å². The van der Waals surface area contributed by atoms with E-state index >= 15 is 0 Å². The van der Waals surface area contributed by atoms with Gasteiger partial charge in [0.2, 0.25) is 5.91 Å². The molecule has 1 fully saturated rings. The molecular weight excluding hydrogens is 262 g/mol. The van der Waals surface area contributed by atoms with Gasteiger partial charge < -0.3 is 19.4 Å². The highest BCUT2D eigenvalue weighted by Gasteiger charge is 2.31. The molecule has 3 rings (SSSR count). The number of ether oxygens (including phenoxy) is 2. The normalized spacial score (nSPS) is 21.8. The zero-order valence-electron chi connectivity index (χ0n) is 10.7. The van der Waals surface area contributed by atoms with Gasteiger partial charge in [-0.1, -0.05) is 0 Å². The van der Waals surface area contributed by atoms with E-state index in [-0.39, 0.29) is 24.6 Å². The van der Waals surface area contributed by atoms with Crippen molar-refractivity contribution in [3.8, 4) is 5.75 Å². The van der Waals surface area contributed by atoms with Crippen LogP contribution in [0.25, 0.3) is 0 Å². The summed E-state index contributed by atoms with van der Waals surface area (Å²) in [4.78, 5) is 15.8. The molecule has 2 aromatic rings. The number of amides is 1. The monoisotopic (exact) mass is 277 g/mol. The highest BCUT2D eigenvalue weighted by molar-refractivity contribution is 5.76. The first-order chi connectivity index (χ1) is 9.81. The Morgan fingerprint density at radius 3 is 3.30 bits per heavy atom. The van der Waals surface area contributed by atoms with Gasteiger partial charge in [0.15, 0.2) is 5.75 Å². The van der Waals surface area contributed by atoms with Crippen molar-refractivity contribution in [3.63, 3.8) is 0 Å². The lowest BCUT2D eigenvalue weighted by Crippen LogP contribution is -2.46. The lowest BCUT2D eigenvalue weighted by atomic mass is 10.2. The molecule has 106 valence electrons. The molecule has 0 unspecified atom stereocenters. The number of hydrogen-bond acceptors (Lipinski definition) is 5. The van der Waals surface area contributed by atoms with E-state index in [2.05, 4.69) is 20.5 Å². The topological polar surface area (TPSA) is 94.1 Å². The van der Waals surface area contributed by atoms with Gasteiger partial charge in [-0.25, -0.2) is 4.98 Å². The molecule has 0 saturated carbocycles. The SMILES string of the molecule is O=C(Cn1ccnc1)N[C@H]1COC[C@H]1Oc1cn[nH]c1. The average molecular weight is 277 g/mol. The van der Waals surface area contributed by atoms with Crippen molar-refractivity contribution in [2.75, 3.05) is 13.2 Å². The largest absolute Gasteiger partial charge is 0.482 e. The lowest BCUT2D eigenvalue weighted by molar-refractivity contribution is -0.122. The standard InChI is InChI=1S/C12H15N5O3/c18-12(5-17-2-1-13-8-17)16-10-6-19-7-11(10)20-9-3-14-15-4-9/h1-4,8,10-11H,5-7H2,(H,14,15)(H,16,18)/t10-,11+/m0/s1. The molecule has 0 aliphatic carbocycles. The van der Waals surface area contributed by atoms with E-state index < -0.39 is 0 Å². The maximum absolute atomic E-state index is 11.9. The van der Waals surface area contributed by atoms with E-state index in [1.165, 1.54) is 0 Å². The lowest BCUT2D eigenvalue weighted by Gasteiger charge is -2.19.